The molecule has 1 atom stereocenters. The van der Waals surface area contributed by atoms with Gasteiger partial charge < -0.3 is 10.1 Å². The second-order valence-electron chi connectivity index (χ2n) is 4.59. The molecule has 1 saturated carbocycles. The standard InChI is InChI=1S/C12H17NOS/c1-2-13-7-10-11-9(3-6-15-11)12(4-5-12)8-14-10/h3,6,10,13H,2,4-5,7-8H2,1H3/t10-/m0/s1. The van der Waals surface area contributed by atoms with Crippen LogP contribution in [0.15, 0.2) is 11.4 Å². The largest absolute Gasteiger partial charge is 0.370 e. The molecule has 1 spiro atoms. The Bertz CT molecular complexity index is 356. The fraction of sp³-hybridized carbons (Fsp3) is 0.667. The molecule has 1 fully saturated rings. The number of ether oxygens (including phenoxy) is 1. The van der Waals surface area contributed by atoms with Crippen molar-refractivity contribution in [1.29, 1.82) is 0 Å². The molecule has 0 radical (unpaired) electrons. The van der Waals surface area contributed by atoms with Crippen LogP contribution in [0.25, 0.3) is 0 Å². The Morgan fingerprint density at radius 1 is 1.60 bits per heavy atom. The fourth-order valence-corrected chi connectivity index (χ4v) is 3.48. The zero-order chi connectivity index (χ0) is 10.3. The van der Waals surface area contributed by atoms with E-state index in [2.05, 4.69) is 23.7 Å². The Morgan fingerprint density at radius 2 is 2.47 bits per heavy atom. The molecule has 0 aromatic carbocycles. The molecule has 1 N–H and O–H groups in total. The molecule has 1 aromatic heterocycles. The van der Waals surface area contributed by atoms with E-state index in [0.29, 0.717) is 11.5 Å². The molecule has 0 unspecified atom stereocenters. The highest BCUT2D eigenvalue weighted by molar-refractivity contribution is 7.10. The first-order valence-corrected chi connectivity index (χ1v) is 6.64. The average molecular weight is 223 g/mol. The maximum absolute atomic E-state index is 5.99. The molecule has 0 amide bonds. The highest BCUT2D eigenvalue weighted by atomic mass is 32.1. The molecule has 0 bridgehead atoms. The summed E-state index contributed by atoms with van der Waals surface area (Å²) in [5.74, 6) is 0. The Hall–Kier alpha value is -0.380. The Morgan fingerprint density at radius 3 is 3.20 bits per heavy atom. The van der Waals surface area contributed by atoms with Crippen LogP contribution in [0.4, 0.5) is 0 Å². The molecule has 1 aliphatic carbocycles. The van der Waals surface area contributed by atoms with Crippen molar-refractivity contribution in [1.82, 2.24) is 5.32 Å². The predicted octanol–water partition coefficient (Wildman–Crippen LogP) is 2.46. The number of hydrogen-bond acceptors (Lipinski definition) is 3. The van der Waals surface area contributed by atoms with Gasteiger partial charge >= 0.3 is 0 Å². The van der Waals surface area contributed by atoms with Crippen LogP contribution < -0.4 is 5.32 Å². The third-order valence-electron chi connectivity index (χ3n) is 3.55. The lowest BCUT2D eigenvalue weighted by atomic mass is 9.93. The van der Waals surface area contributed by atoms with Gasteiger partial charge in [0.2, 0.25) is 0 Å². The topological polar surface area (TPSA) is 21.3 Å². The van der Waals surface area contributed by atoms with Gasteiger partial charge in [0.15, 0.2) is 0 Å². The summed E-state index contributed by atoms with van der Waals surface area (Å²) in [5.41, 5.74) is 2.01. The number of fused-ring (bicyclic) bond motifs is 2. The van der Waals surface area contributed by atoms with Crippen molar-refractivity contribution in [2.24, 2.45) is 0 Å². The second-order valence-corrected chi connectivity index (χ2v) is 5.53. The minimum Gasteiger partial charge on any atom is -0.370 e. The fourth-order valence-electron chi connectivity index (χ4n) is 2.41. The Kier molecular flexibility index (Phi) is 2.34. The van der Waals surface area contributed by atoms with Crippen molar-refractivity contribution >= 4 is 11.3 Å². The monoisotopic (exact) mass is 223 g/mol. The SMILES string of the molecule is CCNC[C@@H]1OCC2(CC2)c2ccsc21. The summed E-state index contributed by atoms with van der Waals surface area (Å²) < 4.78 is 5.99. The third kappa shape index (κ3) is 1.53. The summed E-state index contributed by atoms with van der Waals surface area (Å²) in [4.78, 5) is 1.47. The van der Waals surface area contributed by atoms with Crippen molar-refractivity contribution in [2.75, 3.05) is 19.7 Å². The van der Waals surface area contributed by atoms with Gasteiger partial charge in [-0.2, -0.15) is 0 Å². The van der Waals surface area contributed by atoms with E-state index in [1.807, 2.05) is 11.3 Å². The zero-order valence-electron chi connectivity index (χ0n) is 9.08. The van der Waals surface area contributed by atoms with Crippen LogP contribution >= 0.6 is 11.3 Å². The van der Waals surface area contributed by atoms with Crippen molar-refractivity contribution in [3.8, 4) is 0 Å². The van der Waals surface area contributed by atoms with Gasteiger partial charge in [-0.1, -0.05) is 6.92 Å². The summed E-state index contributed by atoms with van der Waals surface area (Å²) in [7, 11) is 0. The lowest BCUT2D eigenvalue weighted by Gasteiger charge is -2.29. The van der Waals surface area contributed by atoms with E-state index in [9.17, 15) is 0 Å². The summed E-state index contributed by atoms with van der Waals surface area (Å²) >= 11 is 1.86. The normalized spacial score (nSPS) is 26.6. The molecule has 3 rings (SSSR count). The number of nitrogens with one attached hydrogen (secondary N) is 1. The number of likely N-dealkylation sites (N-methyl/N-ethyl adjacent to an activating group) is 1. The van der Waals surface area contributed by atoms with Crippen LogP contribution in [0.1, 0.15) is 36.3 Å². The molecule has 15 heavy (non-hydrogen) atoms. The van der Waals surface area contributed by atoms with Crippen molar-refractivity contribution in [2.45, 2.75) is 31.3 Å². The maximum Gasteiger partial charge on any atom is 0.104 e. The van der Waals surface area contributed by atoms with Gasteiger partial charge in [-0.15, -0.1) is 11.3 Å². The third-order valence-corrected chi connectivity index (χ3v) is 4.56. The molecule has 0 saturated heterocycles. The van der Waals surface area contributed by atoms with Crippen LogP contribution in [0.3, 0.4) is 0 Å². The van der Waals surface area contributed by atoms with E-state index < -0.39 is 0 Å². The zero-order valence-corrected chi connectivity index (χ0v) is 9.90. The van der Waals surface area contributed by atoms with Crippen molar-refractivity contribution in [3.63, 3.8) is 0 Å². The maximum atomic E-state index is 5.99. The van der Waals surface area contributed by atoms with E-state index in [1.54, 1.807) is 5.56 Å². The average Bonchev–Trinajstić information content (AvgIpc) is 2.84. The Labute approximate surface area is 94.6 Å². The van der Waals surface area contributed by atoms with Crippen molar-refractivity contribution in [3.05, 3.63) is 21.9 Å². The lowest BCUT2D eigenvalue weighted by Crippen LogP contribution is -2.31. The molecule has 2 heterocycles. The molecule has 2 aliphatic rings. The minimum absolute atomic E-state index is 0.297. The van der Waals surface area contributed by atoms with Gasteiger partial charge in [0.25, 0.3) is 0 Å². The van der Waals surface area contributed by atoms with Gasteiger partial charge in [0, 0.05) is 16.8 Å². The molecular weight excluding hydrogens is 206 g/mol. The van der Waals surface area contributed by atoms with E-state index >= 15 is 0 Å². The van der Waals surface area contributed by atoms with Crippen LogP contribution in [-0.4, -0.2) is 19.7 Å². The Balaban J connectivity index is 1.84. The first-order valence-electron chi connectivity index (χ1n) is 5.76. The predicted molar refractivity (Wildman–Crippen MR) is 62.5 cm³/mol. The molecule has 2 nitrogen and oxygen atoms in total. The summed E-state index contributed by atoms with van der Waals surface area (Å²) in [5, 5.41) is 5.60. The van der Waals surface area contributed by atoms with Gasteiger partial charge in [-0.3, -0.25) is 0 Å². The van der Waals surface area contributed by atoms with E-state index in [4.69, 9.17) is 4.74 Å². The van der Waals surface area contributed by atoms with E-state index in [0.717, 1.165) is 19.7 Å². The van der Waals surface area contributed by atoms with Gasteiger partial charge in [-0.05, 0) is 36.4 Å². The number of hydrogen-bond donors (Lipinski definition) is 1. The van der Waals surface area contributed by atoms with Gasteiger partial charge in [0.05, 0.1) is 6.61 Å². The molecule has 3 heteroatoms. The summed E-state index contributed by atoms with van der Waals surface area (Å²) in [6.07, 6.45) is 2.95. The van der Waals surface area contributed by atoms with Gasteiger partial charge in [-0.25, -0.2) is 0 Å². The van der Waals surface area contributed by atoms with E-state index in [-0.39, 0.29) is 0 Å². The smallest absolute Gasteiger partial charge is 0.104 e. The second kappa shape index (κ2) is 3.58. The van der Waals surface area contributed by atoms with Crippen LogP contribution in [-0.2, 0) is 10.2 Å². The number of thiophene rings is 1. The minimum atomic E-state index is 0.297. The van der Waals surface area contributed by atoms with Crippen molar-refractivity contribution < 1.29 is 4.74 Å². The van der Waals surface area contributed by atoms with Crippen LogP contribution in [0, 0.1) is 0 Å². The first-order chi connectivity index (χ1) is 7.36. The van der Waals surface area contributed by atoms with Gasteiger partial charge in [0.1, 0.15) is 6.10 Å². The molecule has 82 valence electrons. The van der Waals surface area contributed by atoms with E-state index in [1.165, 1.54) is 17.7 Å². The first kappa shape index (κ1) is 9.82. The lowest BCUT2D eigenvalue weighted by molar-refractivity contribution is 0.0253. The number of rotatable bonds is 3. The van der Waals surface area contributed by atoms with Crippen LogP contribution in [0.2, 0.25) is 0 Å². The molecule has 1 aromatic rings. The highest BCUT2D eigenvalue weighted by Crippen LogP contribution is 2.55. The molecular formula is C12H17NOS. The summed E-state index contributed by atoms with van der Waals surface area (Å²) in [6, 6.07) is 2.31. The van der Waals surface area contributed by atoms with Crippen LogP contribution in [0.5, 0.6) is 0 Å². The summed E-state index contributed by atoms with van der Waals surface area (Å²) in [6.45, 7) is 5.05. The molecule has 1 aliphatic heterocycles. The quantitative estimate of drug-likeness (QED) is 0.850. The highest BCUT2D eigenvalue weighted by Gasteiger charge is 2.50.